The molecule has 1 saturated heterocycles. The Morgan fingerprint density at radius 2 is 1.24 bits per heavy atom. The van der Waals surface area contributed by atoms with Crippen molar-refractivity contribution in [1.29, 1.82) is 0 Å². The molecule has 1 fully saturated rings. The first kappa shape index (κ1) is 29.7. The lowest BCUT2D eigenvalue weighted by Crippen LogP contribution is -2.52. The van der Waals surface area contributed by atoms with Crippen molar-refractivity contribution in [3.63, 3.8) is 0 Å². The van der Waals surface area contributed by atoms with Crippen LogP contribution in [0.25, 0.3) is 6.08 Å². The molecule has 3 aromatic carbocycles. The molecule has 3 aromatic rings. The average Bonchev–Trinajstić information content (AvgIpc) is 3.00. The molecular weight excluding hydrogens is 538 g/mol. The number of amides is 2. The van der Waals surface area contributed by atoms with Crippen molar-refractivity contribution in [2.45, 2.75) is 71.6 Å². The van der Waals surface area contributed by atoms with Gasteiger partial charge >= 0.3 is 0 Å². The molecule has 0 atom stereocenters. The number of para-hydroxylation sites is 2. The molecule has 0 N–H and O–H groups in total. The summed E-state index contributed by atoms with van der Waals surface area (Å²) in [6.45, 7) is 9.01. The highest BCUT2D eigenvalue weighted by atomic mass is 32.1. The van der Waals surface area contributed by atoms with Gasteiger partial charge in [0.15, 0.2) is 5.11 Å². The largest absolute Gasteiger partial charge is 0.310 e. The molecule has 42 heavy (non-hydrogen) atoms. The predicted octanol–water partition coefficient (Wildman–Crippen LogP) is 8.08. The van der Waals surface area contributed by atoms with Crippen LogP contribution in [0.5, 0.6) is 0 Å². The van der Waals surface area contributed by atoms with Crippen LogP contribution in [0.3, 0.4) is 0 Å². The van der Waals surface area contributed by atoms with Gasteiger partial charge in [-0.3, -0.25) is 19.4 Å². The van der Waals surface area contributed by atoms with Gasteiger partial charge in [-0.15, -0.1) is 0 Å². The number of hydrogen-bond acceptors (Lipinski definition) is 4. The fraction of sp³-hybridized carbons (Fsp3) is 0.361. The Morgan fingerprint density at radius 1 is 0.738 bits per heavy atom. The van der Waals surface area contributed by atoms with Gasteiger partial charge in [0.05, 0.1) is 11.4 Å². The molecule has 0 aliphatic carbocycles. The third kappa shape index (κ3) is 5.06. The van der Waals surface area contributed by atoms with Crippen LogP contribution < -0.4 is 4.90 Å². The van der Waals surface area contributed by atoms with E-state index in [-0.39, 0.29) is 27.9 Å². The van der Waals surface area contributed by atoms with Crippen molar-refractivity contribution >= 4 is 52.3 Å². The molecule has 6 heteroatoms. The molecule has 2 aliphatic heterocycles. The fourth-order valence-electron chi connectivity index (χ4n) is 6.25. The number of likely N-dealkylation sites (N-methyl/N-ethyl adjacent to an activating group) is 2. The van der Waals surface area contributed by atoms with Gasteiger partial charge in [-0.2, -0.15) is 0 Å². The maximum absolute atomic E-state index is 13.2. The van der Waals surface area contributed by atoms with Crippen molar-refractivity contribution in [2.24, 2.45) is 0 Å². The molecule has 5 nitrogen and oxygen atoms in total. The first-order chi connectivity index (χ1) is 20.1. The Bertz CT molecular complexity index is 1510. The van der Waals surface area contributed by atoms with Gasteiger partial charge in [0, 0.05) is 25.2 Å². The van der Waals surface area contributed by atoms with E-state index in [1.54, 1.807) is 20.2 Å². The van der Waals surface area contributed by atoms with Crippen LogP contribution in [0, 0.1) is 0 Å². The van der Waals surface area contributed by atoms with E-state index in [1.165, 1.54) is 43.6 Å². The summed E-state index contributed by atoms with van der Waals surface area (Å²) in [6.07, 6.45) is 7.71. The highest BCUT2D eigenvalue weighted by Crippen LogP contribution is 2.52. The topological polar surface area (TPSA) is 43.9 Å². The van der Waals surface area contributed by atoms with Crippen LogP contribution in [0.1, 0.15) is 81.2 Å². The summed E-state index contributed by atoms with van der Waals surface area (Å²) in [4.78, 5) is 31.7. The van der Waals surface area contributed by atoms with E-state index in [2.05, 4.69) is 93.3 Å². The first-order valence-electron chi connectivity index (χ1n) is 15.1. The second-order valence-corrected chi connectivity index (χ2v) is 12.3. The zero-order chi connectivity index (χ0) is 30.2. The smallest absolute Gasteiger partial charge is 0.265 e. The van der Waals surface area contributed by atoms with E-state index < -0.39 is 0 Å². The monoisotopic (exact) mass is 579 g/mol. The molecule has 0 saturated carbocycles. The summed E-state index contributed by atoms with van der Waals surface area (Å²) in [6, 6.07) is 22.0. The quantitative estimate of drug-likeness (QED) is 0.154. The van der Waals surface area contributed by atoms with Gasteiger partial charge in [0.25, 0.3) is 11.8 Å². The normalized spacial score (nSPS) is 16.1. The van der Waals surface area contributed by atoms with Crippen LogP contribution >= 0.6 is 12.2 Å². The minimum Gasteiger partial charge on any atom is -0.310 e. The minimum absolute atomic E-state index is 0.136. The molecule has 0 radical (unpaired) electrons. The number of nitrogens with zero attached hydrogens (tertiary/aromatic N) is 3. The number of fused-ring (bicyclic) bond motifs is 2. The van der Waals surface area contributed by atoms with E-state index >= 15 is 0 Å². The van der Waals surface area contributed by atoms with E-state index in [0.29, 0.717) is 0 Å². The second-order valence-electron chi connectivity index (χ2n) is 12.0. The highest BCUT2D eigenvalue weighted by Gasteiger charge is 2.38. The molecule has 2 aliphatic rings. The molecule has 2 heterocycles. The van der Waals surface area contributed by atoms with Crippen LogP contribution in [0.2, 0.25) is 0 Å². The van der Waals surface area contributed by atoms with Crippen molar-refractivity contribution in [2.75, 3.05) is 19.0 Å². The van der Waals surface area contributed by atoms with Gasteiger partial charge in [-0.1, -0.05) is 76.9 Å². The summed E-state index contributed by atoms with van der Waals surface area (Å²) in [5.41, 5.74) is 9.45. The van der Waals surface area contributed by atoms with Crippen molar-refractivity contribution in [3.8, 4) is 0 Å². The number of thiocarbonyl (C=S) groups is 1. The maximum Gasteiger partial charge on any atom is 0.265 e. The Morgan fingerprint density at radius 3 is 1.76 bits per heavy atom. The lowest BCUT2D eigenvalue weighted by molar-refractivity contribution is -0.132. The van der Waals surface area contributed by atoms with Gasteiger partial charge in [-0.25, -0.2) is 0 Å². The summed E-state index contributed by atoms with van der Waals surface area (Å²) in [5, 5.41) is 0.220. The number of unbranched alkanes of at least 4 members (excludes halogenated alkanes) is 2. The molecule has 2 amide bonds. The molecule has 218 valence electrons. The highest BCUT2D eigenvalue weighted by molar-refractivity contribution is 7.80. The van der Waals surface area contributed by atoms with Gasteiger partial charge < -0.3 is 4.90 Å². The summed E-state index contributed by atoms with van der Waals surface area (Å²) in [7, 11) is 3.25. The average molecular weight is 580 g/mol. The minimum atomic E-state index is -0.357. The number of rotatable bonds is 8. The molecule has 0 bridgehead atoms. The number of benzene rings is 3. The number of aryl methyl sites for hydroxylation is 2. The number of anilines is 3. The van der Waals surface area contributed by atoms with E-state index in [4.69, 9.17) is 12.2 Å². The second kappa shape index (κ2) is 11.8. The van der Waals surface area contributed by atoms with Crippen molar-refractivity contribution in [1.82, 2.24) is 9.80 Å². The standard InChI is InChI=1S/C36H41N3O2S/c1-7-9-15-24-23-32(39-30-19-13-11-17-28(30)36(3,4)29-18-12-14-20-31(29)39)25(16-10-8-2)21-26(24)22-27-33(40)37(5)35(42)38(6)34(27)41/h11-14,17-23H,7-10,15-16H2,1-6H3. The molecule has 5 rings (SSSR count). The Labute approximate surface area is 255 Å². The first-order valence-corrected chi connectivity index (χ1v) is 15.5. The van der Waals surface area contributed by atoms with Crippen LogP contribution in [0.4, 0.5) is 17.1 Å². The summed E-state index contributed by atoms with van der Waals surface area (Å²) >= 11 is 5.32. The lowest BCUT2D eigenvalue weighted by Gasteiger charge is -2.42. The third-order valence-electron chi connectivity index (χ3n) is 8.76. The van der Waals surface area contributed by atoms with Gasteiger partial charge in [0.1, 0.15) is 5.57 Å². The molecule has 0 unspecified atom stereocenters. The van der Waals surface area contributed by atoms with E-state index in [9.17, 15) is 9.59 Å². The summed E-state index contributed by atoms with van der Waals surface area (Å²) in [5.74, 6) is -0.713. The number of hydrogen-bond donors (Lipinski definition) is 0. The summed E-state index contributed by atoms with van der Waals surface area (Å²) < 4.78 is 0. The van der Waals surface area contributed by atoms with Crippen LogP contribution in [-0.2, 0) is 27.8 Å². The Hall–Kier alpha value is -3.77. The number of carbonyl (C=O) groups excluding carboxylic acids is 2. The van der Waals surface area contributed by atoms with Crippen molar-refractivity contribution in [3.05, 3.63) is 94.1 Å². The predicted molar refractivity (Wildman–Crippen MR) is 177 cm³/mol. The third-order valence-corrected chi connectivity index (χ3v) is 9.31. The molecule has 0 aromatic heterocycles. The van der Waals surface area contributed by atoms with Crippen LogP contribution in [0.15, 0.2) is 66.2 Å². The Kier molecular flexibility index (Phi) is 8.38. The maximum atomic E-state index is 13.2. The fourth-order valence-corrected chi connectivity index (χ4v) is 6.41. The van der Waals surface area contributed by atoms with Gasteiger partial charge in [0.2, 0.25) is 0 Å². The van der Waals surface area contributed by atoms with Crippen LogP contribution in [-0.4, -0.2) is 40.8 Å². The molecular formula is C36H41N3O2S. The van der Waals surface area contributed by atoms with E-state index in [0.717, 1.165) is 49.7 Å². The van der Waals surface area contributed by atoms with Crippen molar-refractivity contribution < 1.29 is 9.59 Å². The lowest BCUT2D eigenvalue weighted by atomic mass is 9.73. The molecule has 0 spiro atoms. The zero-order valence-electron chi connectivity index (χ0n) is 25.7. The Balaban J connectivity index is 1.75. The number of carbonyl (C=O) groups is 2. The SMILES string of the molecule is CCCCc1cc(N2c3ccccc3C(C)(C)c3ccccc32)c(CCCC)cc1C=C1C(=O)N(C)C(=S)N(C)C1=O. The van der Waals surface area contributed by atoms with E-state index in [1.807, 2.05) is 0 Å². The zero-order valence-corrected chi connectivity index (χ0v) is 26.5. The van der Waals surface area contributed by atoms with Gasteiger partial charge in [-0.05, 0) is 96.1 Å².